The zero-order valence-corrected chi connectivity index (χ0v) is 16.8. The van der Waals surface area contributed by atoms with E-state index in [2.05, 4.69) is 4.90 Å². The van der Waals surface area contributed by atoms with Crippen LogP contribution in [-0.2, 0) is 19.1 Å². The van der Waals surface area contributed by atoms with Crippen molar-refractivity contribution in [2.45, 2.75) is 63.1 Å². The number of carbonyl (C=O) groups excluding carboxylic acids is 2. The Morgan fingerprint density at radius 1 is 1.10 bits per heavy atom. The fraction of sp³-hybridized carbons (Fsp3) is 0.591. The first kappa shape index (κ1) is 21.3. The van der Waals surface area contributed by atoms with Crippen molar-refractivity contribution < 1.29 is 29.0 Å². The molecule has 2 unspecified atom stereocenters. The number of hydrogen-bond donors (Lipinski definition) is 1. The van der Waals surface area contributed by atoms with Crippen LogP contribution in [0.2, 0.25) is 0 Å². The van der Waals surface area contributed by atoms with E-state index in [1.807, 2.05) is 13.1 Å². The highest BCUT2D eigenvalue weighted by Gasteiger charge is 2.51. The monoisotopic (exact) mass is 403 g/mol. The molecule has 4 atom stereocenters. The SMILES string of the molecule is CN1C2CCC1[C@@H](C(=O)OCCCCCC(=O)O)[C@@H](OC(=O)c1ccccc1)C2. The second-order valence-electron chi connectivity index (χ2n) is 7.91. The molecule has 2 aliphatic rings. The van der Waals surface area contributed by atoms with Gasteiger partial charge in [0.05, 0.1) is 12.2 Å². The van der Waals surface area contributed by atoms with Gasteiger partial charge in [0.25, 0.3) is 0 Å². The van der Waals surface area contributed by atoms with E-state index in [1.165, 1.54) is 0 Å². The Bertz CT molecular complexity index is 721. The van der Waals surface area contributed by atoms with E-state index >= 15 is 0 Å². The van der Waals surface area contributed by atoms with Crippen LogP contribution in [0.4, 0.5) is 0 Å². The van der Waals surface area contributed by atoms with Gasteiger partial charge in [-0.3, -0.25) is 14.5 Å². The van der Waals surface area contributed by atoms with E-state index in [9.17, 15) is 14.4 Å². The van der Waals surface area contributed by atoms with Gasteiger partial charge in [0.2, 0.25) is 0 Å². The summed E-state index contributed by atoms with van der Waals surface area (Å²) in [6.45, 7) is 0.258. The molecule has 0 spiro atoms. The van der Waals surface area contributed by atoms with Crippen LogP contribution in [0.5, 0.6) is 0 Å². The number of piperidine rings is 1. The summed E-state index contributed by atoms with van der Waals surface area (Å²) in [7, 11) is 2.02. The second kappa shape index (κ2) is 9.87. The summed E-state index contributed by atoms with van der Waals surface area (Å²) in [5.74, 6) is -2.05. The molecule has 7 heteroatoms. The fourth-order valence-electron chi connectivity index (χ4n) is 4.45. The first-order valence-electron chi connectivity index (χ1n) is 10.3. The van der Waals surface area contributed by atoms with Gasteiger partial charge in [-0.1, -0.05) is 18.2 Å². The van der Waals surface area contributed by atoms with Crippen LogP contribution in [0.25, 0.3) is 0 Å². The van der Waals surface area contributed by atoms with Gasteiger partial charge in [0.15, 0.2) is 0 Å². The first-order valence-corrected chi connectivity index (χ1v) is 10.3. The van der Waals surface area contributed by atoms with Gasteiger partial charge in [0, 0.05) is 24.9 Å². The summed E-state index contributed by atoms with van der Waals surface area (Å²) in [5.41, 5.74) is 0.476. The number of carboxylic acid groups (broad SMARTS) is 1. The topological polar surface area (TPSA) is 93.1 Å². The highest BCUT2D eigenvalue weighted by atomic mass is 16.6. The lowest BCUT2D eigenvalue weighted by molar-refractivity contribution is -0.159. The molecule has 1 aromatic rings. The summed E-state index contributed by atoms with van der Waals surface area (Å²) in [5, 5.41) is 8.67. The van der Waals surface area contributed by atoms with Gasteiger partial charge in [-0.25, -0.2) is 4.79 Å². The van der Waals surface area contributed by atoms with Crippen molar-refractivity contribution in [3.8, 4) is 0 Å². The Kier molecular flexibility index (Phi) is 7.25. The van der Waals surface area contributed by atoms with Gasteiger partial charge in [0.1, 0.15) is 12.0 Å². The third-order valence-corrected chi connectivity index (χ3v) is 6.03. The quantitative estimate of drug-likeness (QED) is 0.500. The Labute approximate surface area is 171 Å². The molecule has 3 rings (SSSR count). The molecule has 29 heavy (non-hydrogen) atoms. The molecule has 1 N–H and O–H groups in total. The van der Waals surface area contributed by atoms with Crippen LogP contribution in [0.15, 0.2) is 30.3 Å². The third-order valence-electron chi connectivity index (χ3n) is 6.03. The molecule has 2 aliphatic heterocycles. The van der Waals surface area contributed by atoms with E-state index in [4.69, 9.17) is 14.6 Å². The Balaban J connectivity index is 1.58. The van der Waals surface area contributed by atoms with E-state index in [1.54, 1.807) is 24.3 Å². The van der Waals surface area contributed by atoms with E-state index < -0.39 is 24.0 Å². The number of fused-ring (bicyclic) bond motifs is 2. The Morgan fingerprint density at radius 3 is 2.59 bits per heavy atom. The van der Waals surface area contributed by atoms with Crippen LogP contribution < -0.4 is 0 Å². The highest BCUT2D eigenvalue weighted by Crippen LogP contribution is 2.40. The normalized spacial score (nSPS) is 26.1. The third kappa shape index (κ3) is 5.35. The van der Waals surface area contributed by atoms with Gasteiger partial charge in [-0.05, 0) is 51.3 Å². The minimum absolute atomic E-state index is 0.0156. The summed E-state index contributed by atoms with van der Waals surface area (Å²) in [6, 6.07) is 9.14. The summed E-state index contributed by atoms with van der Waals surface area (Å²) >= 11 is 0. The Morgan fingerprint density at radius 2 is 1.86 bits per heavy atom. The maximum absolute atomic E-state index is 12.9. The smallest absolute Gasteiger partial charge is 0.338 e. The number of carboxylic acids is 1. The van der Waals surface area contributed by atoms with Crippen LogP contribution in [0, 0.1) is 5.92 Å². The highest BCUT2D eigenvalue weighted by molar-refractivity contribution is 5.89. The standard InChI is InChI=1S/C22H29NO6/c1-23-16-11-12-17(23)20(22(27)28-13-7-3-6-10-19(24)25)18(14-16)29-21(26)15-8-4-2-5-9-15/h2,4-5,8-9,16-18,20H,3,6-7,10-14H2,1H3,(H,24,25)/t16?,17?,18-,20+/m0/s1. The van der Waals surface area contributed by atoms with Crippen molar-refractivity contribution in [3.63, 3.8) is 0 Å². The molecule has 158 valence electrons. The zero-order valence-electron chi connectivity index (χ0n) is 16.8. The molecule has 2 heterocycles. The van der Waals surface area contributed by atoms with Crippen molar-refractivity contribution in [1.29, 1.82) is 0 Å². The minimum atomic E-state index is -0.814. The van der Waals surface area contributed by atoms with Crippen LogP contribution in [-0.4, -0.2) is 59.8 Å². The number of carbonyl (C=O) groups is 3. The lowest BCUT2D eigenvalue weighted by Gasteiger charge is -2.40. The molecule has 0 aliphatic carbocycles. The van der Waals surface area contributed by atoms with Crippen molar-refractivity contribution in [1.82, 2.24) is 4.90 Å². The summed E-state index contributed by atoms with van der Waals surface area (Å²) < 4.78 is 11.3. The average molecular weight is 403 g/mol. The maximum Gasteiger partial charge on any atom is 0.338 e. The van der Waals surface area contributed by atoms with Crippen molar-refractivity contribution in [2.24, 2.45) is 5.92 Å². The van der Waals surface area contributed by atoms with E-state index in [0.717, 1.165) is 12.8 Å². The molecule has 2 fully saturated rings. The van der Waals surface area contributed by atoms with Crippen molar-refractivity contribution in [2.75, 3.05) is 13.7 Å². The van der Waals surface area contributed by atoms with Gasteiger partial charge in [-0.2, -0.15) is 0 Å². The van der Waals surface area contributed by atoms with Gasteiger partial charge >= 0.3 is 17.9 Å². The molecule has 2 bridgehead atoms. The number of hydrogen-bond acceptors (Lipinski definition) is 6. The molecule has 0 radical (unpaired) electrons. The number of rotatable bonds is 9. The van der Waals surface area contributed by atoms with Crippen molar-refractivity contribution >= 4 is 17.9 Å². The van der Waals surface area contributed by atoms with Crippen LogP contribution >= 0.6 is 0 Å². The molecule has 0 saturated carbocycles. The predicted molar refractivity (Wildman–Crippen MR) is 105 cm³/mol. The first-order chi connectivity index (χ1) is 14.0. The molecule has 2 saturated heterocycles. The number of nitrogens with zero attached hydrogens (tertiary/aromatic N) is 1. The predicted octanol–water partition coefficient (Wildman–Crippen LogP) is 2.88. The summed E-state index contributed by atoms with van der Waals surface area (Å²) in [4.78, 5) is 38.2. The Hall–Kier alpha value is -2.41. The number of aliphatic carboxylic acids is 1. The summed E-state index contributed by atoms with van der Waals surface area (Å²) in [6.07, 6.45) is 4.03. The molecule has 7 nitrogen and oxygen atoms in total. The van der Waals surface area contributed by atoms with E-state index in [0.29, 0.717) is 37.3 Å². The van der Waals surface area contributed by atoms with Gasteiger partial charge < -0.3 is 14.6 Å². The van der Waals surface area contributed by atoms with Crippen molar-refractivity contribution in [3.05, 3.63) is 35.9 Å². The average Bonchev–Trinajstić information content (AvgIpc) is 2.94. The molecular weight excluding hydrogens is 374 g/mol. The minimum Gasteiger partial charge on any atom is -0.481 e. The number of benzene rings is 1. The fourth-order valence-corrected chi connectivity index (χ4v) is 4.45. The molecule has 0 amide bonds. The molecule has 0 aromatic heterocycles. The maximum atomic E-state index is 12.9. The zero-order chi connectivity index (χ0) is 20.8. The lowest BCUT2D eigenvalue weighted by atomic mass is 9.87. The van der Waals surface area contributed by atoms with E-state index in [-0.39, 0.29) is 25.0 Å². The second-order valence-corrected chi connectivity index (χ2v) is 7.91. The largest absolute Gasteiger partial charge is 0.481 e. The van der Waals surface area contributed by atoms with Gasteiger partial charge in [-0.15, -0.1) is 0 Å². The lowest BCUT2D eigenvalue weighted by Crippen LogP contribution is -2.53. The molecular formula is C22H29NO6. The van der Waals surface area contributed by atoms with Crippen LogP contribution in [0.1, 0.15) is 55.3 Å². The number of ether oxygens (including phenoxy) is 2. The molecule has 1 aromatic carbocycles. The van der Waals surface area contributed by atoms with Crippen LogP contribution in [0.3, 0.4) is 0 Å². The number of esters is 2. The number of unbranched alkanes of at least 4 members (excludes halogenated alkanes) is 2.